The van der Waals surface area contributed by atoms with Crippen LogP contribution in [-0.2, 0) is 9.59 Å². The van der Waals surface area contributed by atoms with E-state index in [-0.39, 0.29) is 47.2 Å². The molecule has 3 fully saturated rings. The molecule has 4 aliphatic carbocycles. The monoisotopic (exact) mass is 500 g/mol. The largest absolute Gasteiger partial charge is 0.290 e. The average molecular weight is 502 g/mol. The van der Waals surface area contributed by atoms with E-state index in [1.165, 1.54) is 15.9 Å². The number of carbonyl (C=O) groups excluding carboxylic acids is 3. The second kappa shape index (κ2) is 7.59. The molecule has 2 aromatic carbocycles. The first-order chi connectivity index (χ1) is 15.8. The van der Waals surface area contributed by atoms with E-state index in [0.29, 0.717) is 33.1 Å². The molecule has 168 valence electrons. The Hall–Kier alpha value is -2.34. The molecule has 0 radical (unpaired) electrons. The molecule has 1 aliphatic heterocycles. The summed E-state index contributed by atoms with van der Waals surface area (Å²) in [7, 11) is 0. The van der Waals surface area contributed by atoms with Crippen molar-refractivity contribution >= 4 is 58.2 Å². The lowest BCUT2D eigenvalue weighted by molar-refractivity contribution is -0.140. The van der Waals surface area contributed by atoms with E-state index in [1.807, 2.05) is 0 Å². The lowest BCUT2D eigenvalue weighted by Gasteiger charge is -2.37. The average Bonchev–Trinajstić information content (AvgIpc) is 3.59. The van der Waals surface area contributed by atoms with Gasteiger partial charge in [-0.15, -0.1) is 0 Å². The number of benzene rings is 2. The Morgan fingerprint density at radius 1 is 0.879 bits per heavy atom. The zero-order chi connectivity index (χ0) is 23.0. The van der Waals surface area contributed by atoms with Crippen LogP contribution in [0.1, 0.15) is 16.8 Å². The van der Waals surface area contributed by atoms with Gasteiger partial charge in [-0.05, 0) is 72.6 Å². The van der Waals surface area contributed by atoms with Gasteiger partial charge in [0.1, 0.15) is 6.67 Å². The second-order valence-electron chi connectivity index (χ2n) is 9.24. The van der Waals surface area contributed by atoms with Gasteiger partial charge in [-0.2, -0.15) is 0 Å². The molecule has 2 saturated carbocycles. The van der Waals surface area contributed by atoms with Crippen molar-refractivity contribution in [1.82, 2.24) is 4.90 Å². The van der Waals surface area contributed by atoms with Gasteiger partial charge < -0.3 is 0 Å². The number of amides is 3. The predicted octanol–water partition coefficient (Wildman–Crippen LogP) is 5.30. The Kier molecular flexibility index (Phi) is 4.88. The van der Waals surface area contributed by atoms with Crippen molar-refractivity contribution in [2.45, 2.75) is 6.42 Å². The van der Waals surface area contributed by atoms with Crippen molar-refractivity contribution < 1.29 is 14.4 Å². The van der Waals surface area contributed by atoms with E-state index in [4.69, 9.17) is 34.8 Å². The van der Waals surface area contributed by atoms with Crippen LogP contribution in [0.15, 0.2) is 54.6 Å². The lowest BCUT2D eigenvalue weighted by Crippen LogP contribution is -2.45. The molecule has 6 atom stereocenters. The van der Waals surface area contributed by atoms with Gasteiger partial charge in [0.15, 0.2) is 0 Å². The van der Waals surface area contributed by atoms with Crippen molar-refractivity contribution in [1.29, 1.82) is 0 Å². The van der Waals surface area contributed by atoms with Crippen LogP contribution in [0.4, 0.5) is 5.69 Å². The molecule has 7 rings (SSSR count). The zero-order valence-electron chi connectivity index (χ0n) is 17.3. The van der Waals surface area contributed by atoms with E-state index in [2.05, 4.69) is 12.2 Å². The van der Waals surface area contributed by atoms with Crippen LogP contribution in [0.2, 0.25) is 15.1 Å². The summed E-state index contributed by atoms with van der Waals surface area (Å²) in [5.41, 5.74) is 0.828. The van der Waals surface area contributed by atoms with Gasteiger partial charge in [-0.3, -0.25) is 24.2 Å². The van der Waals surface area contributed by atoms with Crippen molar-refractivity contribution in [3.63, 3.8) is 0 Å². The van der Waals surface area contributed by atoms with Crippen LogP contribution >= 0.6 is 34.8 Å². The summed E-state index contributed by atoms with van der Waals surface area (Å²) in [6, 6.07) is 11.3. The Morgan fingerprint density at radius 2 is 1.48 bits per heavy atom. The Bertz CT molecular complexity index is 1190. The maximum atomic E-state index is 13.5. The Morgan fingerprint density at radius 3 is 2.06 bits per heavy atom. The number of imide groups is 1. The number of hydrogen-bond acceptors (Lipinski definition) is 3. The minimum Gasteiger partial charge on any atom is -0.290 e. The fourth-order valence-corrected chi connectivity index (χ4v) is 6.39. The molecule has 2 aromatic rings. The summed E-state index contributed by atoms with van der Waals surface area (Å²) in [5, 5.41) is 1.10. The van der Waals surface area contributed by atoms with Gasteiger partial charge >= 0.3 is 0 Å². The van der Waals surface area contributed by atoms with Crippen molar-refractivity contribution in [3.05, 3.63) is 75.2 Å². The highest BCUT2D eigenvalue weighted by Gasteiger charge is 2.67. The van der Waals surface area contributed by atoms with Crippen LogP contribution in [-0.4, -0.2) is 29.3 Å². The van der Waals surface area contributed by atoms with Crippen LogP contribution in [0.25, 0.3) is 0 Å². The summed E-state index contributed by atoms with van der Waals surface area (Å²) in [5.74, 6) is -0.109. The molecule has 5 nitrogen and oxygen atoms in total. The normalized spacial score (nSPS) is 30.9. The summed E-state index contributed by atoms with van der Waals surface area (Å²) in [6.45, 7) is -0.167. The number of rotatable bonds is 4. The van der Waals surface area contributed by atoms with E-state index in [9.17, 15) is 14.4 Å². The lowest BCUT2D eigenvalue weighted by atomic mass is 9.63. The topological polar surface area (TPSA) is 57.7 Å². The molecule has 1 heterocycles. The maximum Gasteiger partial charge on any atom is 0.259 e. The fourth-order valence-electron chi connectivity index (χ4n) is 5.97. The zero-order valence-corrected chi connectivity index (χ0v) is 19.6. The summed E-state index contributed by atoms with van der Waals surface area (Å²) in [6.07, 6.45) is 5.36. The Balaban J connectivity index is 1.34. The van der Waals surface area contributed by atoms with Gasteiger partial charge in [-0.25, -0.2) is 0 Å². The summed E-state index contributed by atoms with van der Waals surface area (Å²) < 4.78 is 0. The predicted molar refractivity (Wildman–Crippen MR) is 126 cm³/mol. The first-order valence-electron chi connectivity index (χ1n) is 10.9. The summed E-state index contributed by atoms with van der Waals surface area (Å²) >= 11 is 18.2. The third-order valence-corrected chi connectivity index (χ3v) is 8.58. The highest BCUT2D eigenvalue weighted by atomic mass is 35.5. The van der Waals surface area contributed by atoms with Crippen molar-refractivity contribution in [2.24, 2.45) is 35.5 Å². The second-order valence-corrected chi connectivity index (χ2v) is 10.5. The molecular formula is C25H19Cl3N2O3. The molecule has 5 aliphatic rings. The SMILES string of the molecule is O=C1[C@@H]2[C@H]3C=C[C@@H]([C@@H]4C[C@H]34)[C@@H]2C(=O)N1CN(C(=O)c1ccc(Cl)c(Cl)c1)c1ccc(Cl)cc1. The molecule has 3 amide bonds. The molecule has 33 heavy (non-hydrogen) atoms. The first kappa shape index (κ1) is 21.2. The molecule has 0 aromatic heterocycles. The number of anilines is 1. The van der Waals surface area contributed by atoms with E-state index >= 15 is 0 Å². The van der Waals surface area contributed by atoms with Crippen molar-refractivity contribution in [2.75, 3.05) is 11.6 Å². The number of allylic oxidation sites excluding steroid dienone is 2. The van der Waals surface area contributed by atoms with Crippen LogP contribution in [0.3, 0.4) is 0 Å². The molecule has 2 bridgehead atoms. The molecule has 1 saturated heterocycles. The molecule has 0 unspecified atom stereocenters. The smallest absolute Gasteiger partial charge is 0.259 e. The molecular weight excluding hydrogens is 483 g/mol. The first-order valence-corrected chi connectivity index (χ1v) is 12.0. The van der Waals surface area contributed by atoms with Crippen LogP contribution in [0, 0.1) is 35.5 Å². The van der Waals surface area contributed by atoms with Gasteiger partial charge in [-0.1, -0.05) is 47.0 Å². The number of hydrogen-bond donors (Lipinski definition) is 0. The standard InChI is InChI=1S/C25H19Cl3N2O3/c26-13-2-4-14(5-3-13)29(23(31)12-1-8-19(27)20(28)9-12)11-30-24(32)21-15-6-7-16(18-10-17(15)18)22(21)25(30)33/h1-9,15-18,21-22H,10-11H2/t15-,16-,17-,18+,21-,22+/m0/s1. The minimum absolute atomic E-state index is 0.126. The highest BCUT2D eigenvalue weighted by Crippen LogP contribution is 2.65. The fraction of sp³-hybridized carbons (Fsp3) is 0.320. The number of likely N-dealkylation sites (tertiary alicyclic amines) is 1. The van der Waals surface area contributed by atoms with Gasteiger partial charge in [0.25, 0.3) is 5.91 Å². The van der Waals surface area contributed by atoms with Gasteiger partial charge in [0.05, 0.1) is 21.9 Å². The number of halogens is 3. The number of nitrogens with zero attached hydrogens (tertiary/aromatic N) is 2. The number of carbonyl (C=O) groups is 3. The van der Waals surface area contributed by atoms with Crippen LogP contribution < -0.4 is 4.90 Å². The van der Waals surface area contributed by atoms with Gasteiger partial charge in [0.2, 0.25) is 11.8 Å². The molecule has 8 heteroatoms. The summed E-state index contributed by atoms with van der Waals surface area (Å²) in [4.78, 5) is 43.1. The van der Waals surface area contributed by atoms with Crippen LogP contribution in [0.5, 0.6) is 0 Å². The molecule has 0 N–H and O–H groups in total. The minimum atomic E-state index is -0.393. The molecule has 0 spiro atoms. The van der Waals surface area contributed by atoms with E-state index < -0.39 is 5.91 Å². The third kappa shape index (κ3) is 3.24. The van der Waals surface area contributed by atoms with Crippen molar-refractivity contribution in [3.8, 4) is 0 Å². The highest BCUT2D eigenvalue weighted by molar-refractivity contribution is 6.42. The maximum absolute atomic E-state index is 13.5. The van der Waals surface area contributed by atoms with E-state index in [1.54, 1.807) is 36.4 Å². The third-order valence-electron chi connectivity index (χ3n) is 7.59. The quantitative estimate of drug-likeness (QED) is 0.422. The van der Waals surface area contributed by atoms with E-state index in [0.717, 1.165) is 6.42 Å². The van der Waals surface area contributed by atoms with Gasteiger partial charge in [0, 0.05) is 16.3 Å². The Labute approximate surface area is 205 Å².